The summed E-state index contributed by atoms with van der Waals surface area (Å²) in [5.41, 5.74) is 2.67. The van der Waals surface area contributed by atoms with Gasteiger partial charge >= 0.3 is 0 Å². The molecule has 1 aliphatic heterocycles. The Morgan fingerprint density at radius 1 is 1.15 bits per heavy atom. The van der Waals surface area contributed by atoms with Crippen LogP contribution in [-0.2, 0) is 4.79 Å². The topological polar surface area (TPSA) is 58.6 Å². The first-order chi connectivity index (χ1) is 12.9. The van der Waals surface area contributed by atoms with Crippen molar-refractivity contribution >= 4 is 17.5 Å². The lowest BCUT2D eigenvalue weighted by Crippen LogP contribution is -2.31. The molecule has 5 heteroatoms. The molecule has 1 fully saturated rings. The van der Waals surface area contributed by atoms with Crippen molar-refractivity contribution in [3.63, 3.8) is 0 Å². The average Bonchev–Trinajstić information content (AvgIpc) is 3.01. The zero-order chi connectivity index (χ0) is 19.4. The number of nitrogens with zero attached hydrogens (tertiary/aromatic N) is 1. The summed E-state index contributed by atoms with van der Waals surface area (Å²) in [6.07, 6.45) is 0.552. The Hall–Kier alpha value is -2.82. The smallest absolute Gasteiger partial charge is 0.251 e. The Morgan fingerprint density at radius 2 is 1.81 bits per heavy atom. The lowest BCUT2D eigenvalue weighted by atomic mass is 10.1. The highest BCUT2D eigenvalue weighted by Crippen LogP contribution is 2.25. The zero-order valence-corrected chi connectivity index (χ0v) is 16.1. The number of amides is 2. The summed E-state index contributed by atoms with van der Waals surface area (Å²) < 4.78 is 5.59. The third-order valence-electron chi connectivity index (χ3n) is 4.59. The highest BCUT2D eigenvalue weighted by atomic mass is 16.5. The van der Waals surface area contributed by atoms with Crippen molar-refractivity contribution in [3.8, 4) is 5.75 Å². The molecule has 1 unspecified atom stereocenters. The number of aryl methyl sites for hydroxylation is 1. The molecule has 0 spiro atoms. The van der Waals surface area contributed by atoms with Gasteiger partial charge in [-0.2, -0.15) is 0 Å². The molecule has 1 heterocycles. The summed E-state index contributed by atoms with van der Waals surface area (Å²) in [6.45, 7) is 7.06. The van der Waals surface area contributed by atoms with Crippen LogP contribution >= 0.6 is 0 Å². The van der Waals surface area contributed by atoms with E-state index in [1.165, 1.54) is 5.56 Å². The Morgan fingerprint density at radius 3 is 2.44 bits per heavy atom. The molecule has 2 aromatic rings. The number of benzene rings is 2. The normalized spacial score (nSPS) is 16.7. The second-order valence-corrected chi connectivity index (χ2v) is 7.31. The average molecular weight is 366 g/mol. The van der Waals surface area contributed by atoms with Gasteiger partial charge in [-0.15, -0.1) is 0 Å². The Labute approximate surface area is 160 Å². The molecule has 0 radical (unpaired) electrons. The Balaban J connectivity index is 1.53. The predicted octanol–water partition coefficient (Wildman–Crippen LogP) is 3.57. The molecule has 1 aliphatic rings. The zero-order valence-electron chi connectivity index (χ0n) is 16.1. The van der Waals surface area contributed by atoms with Crippen molar-refractivity contribution < 1.29 is 14.3 Å². The fourth-order valence-corrected chi connectivity index (χ4v) is 3.19. The molecule has 1 atom stereocenters. The van der Waals surface area contributed by atoms with Crippen molar-refractivity contribution in [2.75, 3.05) is 18.0 Å². The number of rotatable bonds is 6. The second kappa shape index (κ2) is 8.25. The molecule has 0 bridgehead atoms. The van der Waals surface area contributed by atoms with Crippen LogP contribution in [0.4, 0.5) is 5.69 Å². The summed E-state index contributed by atoms with van der Waals surface area (Å²) in [7, 11) is 0. The van der Waals surface area contributed by atoms with Crippen LogP contribution in [0.25, 0.3) is 0 Å². The minimum absolute atomic E-state index is 0.0982. The number of nitrogens with one attached hydrogen (secondary N) is 1. The molecule has 0 aromatic heterocycles. The lowest BCUT2D eigenvalue weighted by molar-refractivity contribution is -0.117. The van der Waals surface area contributed by atoms with Gasteiger partial charge < -0.3 is 15.0 Å². The van der Waals surface area contributed by atoms with Crippen LogP contribution in [0.2, 0.25) is 0 Å². The Kier molecular flexibility index (Phi) is 5.79. The van der Waals surface area contributed by atoms with E-state index < -0.39 is 0 Å². The third kappa shape index (κ3) is 4.88. The van der Waals surface area contributed by atoms with Crippen LogP contribution in [0.1, 0.15) is 36.2 Å². The highest BCUT2D eigenvalue weighted by molar-refractivity contribution is 5.96. The number of ether oxygens (including phenoxy) is 1. The third-order valence-corrected chi connectivity index (χ3v) is 4.59. The number of hydrogen-bond acceptors (Lipinski definition) is 3. The van der Waals surface area contributed by atoms with E-state index in [0.717, 1.165) is 11.4 Å². The fourth-order valence-electron chi connectivity index (χ4n) is 3.19. The van der Waals surface area contributed by atoms with Gasteiger partial charge in [-0.3, -0.25) is 9.59 Å². The molecule has 0 saturated carbocycles. The van der Waals surface area contributed by atoms with Gasteiger partial charge in [0.2, 0.25) is 5.91 Å². The van der Waals surface area contributed by atoms with E-state index in [0.29, 0.717) is 25.1 Å². The van der Waals surface area contributed by atoms with Crippen LogP contribution in [0.3, 0.4) is 0 Å². The summed E-state index contributed by atoms with van der Waals surface area (Å²) >= 11 is 0. The molecule has 5 nitrogen and oxygen atoms in total. The first kappa shape index (κ1) is 19.0. The minimum atomic E-state index is -0.132. The van der Waals surface area contributed by atoms with E-state index in [9.17, 15) is 9.59 Å². The van der Waals surface area contributed by atoms with Gasteiger partial charge in [0.1, 0.15) is 5.75 Å². The number of carbonyl (C=O) groups excluding carboxylic acids is 2. The van der Waals surface area contributed by atoms with Gasteiger partial charge in [-0.05, 0) is 57.2 Å². The van der Waals surface area contributed by atoms with Crippen LogP contribution in [0.15, 0.2) is 48.5 Å². The largest absolute Gasteiger partial charge is 0.491 e. The molecule has 1 N–H and O–H groups in total. The van der Waals surface area contributed by atoms with Crippen molar-refractivity contribution in [1.82, 2.24) is 5.32 Å². The molecule has 2 aromatic carbocycles. The molecule has 2 amide bonds. The van der Waals surface area contributed by atoms with E-state index in [-0.39, 0.29) is 23.8 Å². The Bertz CT molecular complexity index is 797. The predicted molar refractivity (Wildman–Crippen MR) is 106 cm³/mol. The van der Waals surface area contributed by atoms with Gasteiger partial charge in [0, 0.05) is 36.7 Å². The maximum absolute atomic E-state index is 12.4. The van der Waals surface area contributed by atoms with Gasteiger partial charge in [-0.1, -0.05) is 17.7 Å². The van der Waals surface area contributed by atoms with Crippen LogP contribution in [0, 0.1) is 12.8 Å². The number of anilines is 1. The van der Waals surface area contributed by atoms with Crippen LogP contribution < -0.4 is 15.0 Å². The summed E-state index contributed by atoms with van der Waals surface area (Å²) in [5, 5.41) is 2.94. The standard InChI is InChI=1S/C22H26N2O3/c1-15(2)27-20-10-6-18(7-11-20)22(26)23-13-17-12-21(25)24(14-17)19-8-4-16(3)5-9-19/h4-11,15,17H,12-14H2,1-3H3,(H,23,26). The molecular weight excluding hydrogens is 340 g/mol. The first-order valence-electron chi connectivity index (χ1n) is 9.34. The van der Waals surface area contributed by atoms with E-state index in [1.807, 2.05) is 45.0 Å². The van der Waals surface area contributed by atoms with E-state index in [1.54, 1.807) is 29.2 Å². The van der Waals surface area contributed by atoms with E-state index in [4.69, 9.17) is 4.74 Å². The SMILES string of the molecule is Cc1ccc(N2CC(CNC(=O)c3ccc(OC(C)C)cc3)CC2=O)cc1. The van der Waals surface area contributed by atoms with Gasteiger partial charge in [0.05, 0.1) is 6.10 Å². The summed E-state index contributed by atoms with van der Waals surface area (Å²) in [5.74, 6) is 0.837. The molecular formula is C22H26N2O3. The van der Waals surface area contributed by atoms with Crippen molar-refractivity contribution in [2.24, 2.45) is 5.92 Å². The summed E-state index contributed by atoms with van der Waals surface area (Å²) in [4.78, 5) is 26.5. The van der Waals surface area contributed by atoms with Gasteiger partial charge in [0.15, 0.2) is 0 Å². The molecule has 142 valence electrons. The maximum Gasteiger partial charge on any atom is 0.251 e. The van der Waals surface area contributed by atoms with Crippen molar-refractivity contribution in [2.45, 2.75) is 33.3 Å². The van der Waals surface area contributed by atoms with Crippen molar-refractivity contribution in [3.05, 3.63) is 59.7 Å². The summed E-state index contributed by atoms with van der Waals surface area (Å²) in [6, 6.07) is 15.1. The maximum atomic E-state index is 12.4. The quantitative estimate of drug-likeness (QED) is 0.850. The van der Waals surface area contributed by atoms with E-state index in [2.05, 4.69) is 5.32 Å². The fraction of sp³-hybridized carbons (Fsp3) is 0.364. The first-order valence-corrected chi connectivity index (χ1v) is 9.34. The minimum Gasteiger partial charge on any atom is -0.491 e. The second-order valence-electron chi connectivity index (χ2n) is 7.31. The van der Waals surface area contributed by atoms with Crippen molar-refractivity contribution in [1.29, 1.82) is 0 Å². The molecule has 27 heavy (non-hydrogen) atoms. The molecule has 1 saturated heterocycles. The number of carbonyl (C=O) groups is 2. The molecule has 3 rings (SSSR count). The van der Waals surface area contributed by atoms with Crippen LogP contribution in [0.5, 0.6) is 5.75 Å². The monoisotopic (exact) mass is 366 g/mol. The number of hydrogen-bond donors (Lipinski definition) is 1. The van der Waals surface area contributed by atoms with Gasteiger partial charge in [0.25, 0.3) is 5.91 Å². The lowest BCUT2D eigenvalue weighted by Gasteiger charge is -2.17. The van der Waals surface area contributed by atoms with Crippen LogP contribution in [-0.4, -0.2) is 31.0 Å². The molecule has 0 aliphatic carbocycles. The van der Waals surface area contributed by atoms with Gasteiger partial charge in [-0.25, -0.2) is 0 Å². The highest BCUT2D eigenvalue weighted by Gasteiger charge is 2.30. The van der Waals surface area contributed by atoms with E-state index >= 15 is 0 Å².